The van der Waals surface area contributed by atoms with E-state index in [1.807, 2.05) is 0 Å². The van der Waals surface area contributed by atoms with Crippen LogP contribution in [0, 0.1) is 0 Å². The van der Waals surface area contributed by atoms with E-state index in [9.17, 15) is 14.4 Å². The zero-order chi connectivity index (χ0) is 42.3. The van der Waals surface area contributed by atoms with E-state index in [0.29, 0.717) is 19.3 Å². The Balaban J connectivity index is 4.27. The predicted octanol–water partition coefficient (Wildman–Crippen LogP) is 16.8. The Morgan fingerprint density at radius 1 is 0.276 bits per heavy atom. The Morgan fingerprint density at radius 3 is 0.690 bits per heavy atom. The van der Waals surface area contributed by atoms with Crippen LogP contribution < -0.4 is 0 Å². The molecule has 0 aliphatic heterocycles. The molecule has 6 heteroatoms. The minimum Gasteiger partial charge on any atom is -0.462 e. The Bertz CT molecular complexity index is 859. The first-order valence-electron chi connectivity index (χ1n) is 26.0. The molecule has 0 aromatic heterocycles. The molecule has 58 heavy (non-hydrogen) atoms. The number of rotatable bonds is 48. The van der Waals surface area contributed by atoms with E-state index in [1.165, 1.54) is 199 Å². The fourth-order valence-corrected chi connectivity index (χ4v) is 7.92. The number of ether oxygens (including phenoxy) is 3. The molecule has 0 N–H and O–H groups in total. The molecule has 0 aliphatic rings. The van der Waals surface area contributed by atoms with Gasteiger partial charge < -0.3 is 14.2 Å². The van der Waals surface area contributed by atoms with Crippen molar-refractivity contribution in [1.29, 1.82) is 0 Å². The molecule has 0 aromatic rings. The predicted molar refractivity (Wildman–Crippen MR) is 247 cm³/mol. The van der Waals surface area contributed by atoms with Gasteiger partial charge in [-0.25, -0.2) is 0 Å². The monoisotopic (exact) mass is 821 g/mol. The van der Waals surface area contributed by atoms with Crippen LogP contribution in [-0.4, -0.2) is 37.2 Å². The topological polar surface area (TPSA) is 78.9 Å². The van der Waals surface area contributed by atoms with E-state index in [0.717, 1.165) is 57.8 Å². The molecule has 0 unspecified atom stereocenters. The van der Waals surface area contributed by atoms with Crippen molar-refractivity contribution >= 4 is 17.9 Å². The normalized spacial score (nSPS) is 11.8. The highest BCUT2D eigenvalue weighted by Gasteiger charge is 2.19. The Labute approximate surface area is 361 Å². The maximum atomic E-state index is 12.7. The molecule has 0 saturated heterocycles. The fourth-order valence-electron chi connectivity index (χ4n) is 7.92. The van der Waals surface area contributed by atoms with Crippen LogP contribution in [0.5, 0.6) is 0 Å². The first-order chi connectivity index (χ1) is 28.5. The highest BCUT2D eigenvalue weighted by atomic mass is 16.6. The average molecular weight is 821 g/mol. The van der Waals surface area contributed by atoms with Gasteiger partial charge in [0.2, 0.25) is 0 Å². The zero-order valence-corrected chi connectivity index (χ0v) is 39.3. The lowest BCUT2D eigenvalue weighted by atomic mass is 10.0. The van der Waals surface area contributed by atoms with Gasteiger partial charge in [0.1, 0.15) is 13.2 Å². The summed E-state index contributed by atoms with van der Waals surface area (Å²) in [7, 11) is 0. The van der Waals surface area contributed by atoms with Crippen molar-refractivity contribution in [3.05, 3.63) is 0 Å². The SMILES string of the molecule is CCCCCCCCCCCCCCCCCCC(=O)OC[C@H](COC(=O)CCCCCCCCCCCCCCC)OC(=O)CCCCCCCCCCCCC. The van der Waals surface area contributed by atoms with E-state index in [2.05, 4.69) is 20.8 Å². The van der Waals surface area contributed by atoms with Gasteiger partial charge in [0.15, 0.2) is 6.10 Å². The van der Waals surface area contributed by atoms with Crippen LogP contribution in [0.1, 0.15) is 297 Å². The summed E-state index contributed by atoms with van der Waals surface area (Å²) in [6.07, 6.45) is 50.8. The molecule has 0 radical (unpaired) electrons. The number of carbonyl (C=O) groups is 3. The molecular weight excluding hydrogens is 721 g/mol. The number of esters is 3. The standard InChI is InChI=1S/C52H100O6/c1-4-7-10-13-16-19-22-24-25-26-28-31-33-36-39-42-45-51(54)57-48-49(58-52(55)46-43-40-37-34-29-21-18-15-12-9-6-3)47-56-50(53)44-41-38-35-32-30-27-23-20-17-14-11-8-5-2/h49H,4-48H2,1-3H3/t49-/m0/s1. The van der Waals surface area contributed by atoms with Crippen LogP contribution in [-0.2, 0) is 28.6 Å². The highest BCUT2D eigenvalue weighted by molar-refractivity contribution is 5.71. The molecule has 0 aromatic carbocycles. The summed E-state index contributed by atoms with van der Waals surface area (Å²) in [4.78, 5) is 37.9. The summed E-state index contributed by atoms with van der Waals surface area (Å²) >= 11 is 0. The molecule has 1 atom stereocenters. The second kappa shape index (κ2) is 48.1. The van der Waals surface area contributed by atoms with E-state index < -0.39 is 6.10 Å². The lowest BCUT2D eigenvalue weighted by molar-refractivity contribution is -0.167. The molecule has 0 spiro atoms. The van der Waals surface area contributed by atoms with Crippen molar-refractivity contribution in [2.75, 3.05) is 13.2 Å². The van der Waals surface area contributed by atoms with Crippen LogP contribution in [0.15, 0.2) is 0 Å². The van der Waals surface area contributed by atoms with Gasteiger partial charge in [0.05, 0.1) is 0 Å². The number of hydrogen-bond acceptors (Lipinski definition) is 6. The summed E-state index contributed by atoms with van der Waals surface area (Å²) in [5.74, 6) is -0.841. The Hall–Kier alpha value is -1.59. The summed E-state index contributed by atoms with van der Waals surface area (Å²) in [6, 6.07) is 0. The summed E-state index contributed by atoms with van der Waals surface area (Å²) in [5.41, 5.74) is 0. The first-order valence-corrected chi connectivity index (χ1v) is 26.0. The minimum absolute atomic E-state index is 0.0618. The third kappa shape index (κ3) is 45.5. The van der Waals surface area contributed by atoms with Gasteiger partial charge in [0.25, 0.3) is 0 Å². The Morgan fingerprint density at radius 2 is 0.466 bits per heavy atom. The van der Waals surface area contributed by atoms with Crippen molar-refractivity contribution in [1.82, 2.24) is 0 Å². The molecule has 0 aliphatic carbocycles. The summed E-state index contributed by atoms with van der Waals surface area (Å²) in [5, 5.41) is 0. The van der Waals surface area contributed by atoms with Gasteiger partial charge >= 0.3 is 17.9 Å². The number of carbonyl (C=O) groups excluding carboxylic acids is 3. The van der Waals surface area contributed by atoms with Crippen molar-refractivity contribution in [2.24, 2.45) is 0 Å². The maximum Gasteiger partial charge on any atom is 0.306 e. The van der Waals surface area contributed by atoms with Crippen molar-refractivity contribution in [3.63, 3.8) is 0 Å². The highest BCUT2D eigenvalue weighted by Crippen LogP contribution is 2.17. The van der Waals surface area contributed by atoms with Crippen LogP contribution in [0.4, 0.5) is 0 Å². The molecule has 0 rings (SSSR count). The largest absolute Gasteiger partial charge is 0.462 e. The van der Waals surface area contributed by atoms with E-state index in [4.69, 9.17) is 14.2 Å². The van der Waals surface area contributed by atoms with E-state index in [-0.39, 0.29) is 31.1 Å². The van der Waals surface area contributed by atoms with Crippen molar-refractivity contribution in [2.45, 2.75) is 303 Å². The molecule has 0 fully saturated rings. The zero-order valence-electron chi connectivity index (χ0n) is 39.3. The van der Waals surface area contributed by atoms with Crippen molar-refractivity contribution < 1.29 is 28.6 Å². The van der Waals surface area contributed by atoms with Crippen LogP contribution in [0.2, 0.25) is 0 Å². The maximum absolute atomic E-state index is 12.7. The van der Waals surface area contributed by atoms with Gasteiger partial charge in [-0.15, -0.1) is 0 Å². The molecule has 0 amide bonds. The van der Waals surface area contributed by atoms with Gasteiger partial charge in [-0.2, -0.15) is 0 Å². The first kappa shape index (κ1) is 56.4. The lowest BCUT2D eigenvalue weighted by Crippen LogP contribution is -2.30. The third-order valence-electron chi connectivity index (χ3n) is 11.9. The molecule has 0 heterocycles. The summed E-state index contributed by atoms with van der Waals surface area (Å²) in [6.45, 7) is 6.67. The van der Waals surface area contributed by atoms with E-state index >= 15 is 0 Å². The molecular formula is C52H100O6. The number of hydrogen-bond donors (Lipinski definition) is 0. The Kier molecular flexibility index (Phi) is 46.8. The smallest absolute Gasteiger partial charge is 0.306 e. The third-order valence-corrected chi connectivity index (χ3v) is 11.9. The second-order valence-corrected chi connectivity index (χ2v) is 17.8. The average Bonchev–Trinajstić information content (AvgIpc) is 3.22. The molecule has 0 saturated carbocycles. The second-order valence-electron chi connectivity index (χ2n) is 17.8. The van der Waals surface area contributed by atoms with Crippen molar-refractivity contribution in [3.8, 4) is 0 Å². The fraction of sp³-hybridized carbons (Fsp3) is 0.942. The van der Waals surface area contributed by atoms with E-state index in [1.54, 1.807) is 0 Å². The molecule has 6 nitrogen and oxygen atoms in total. The summed E-state index contributed by atoms with van der Waals surface area (Å²) < 4.78 is 16.8. The molecule has 344 valence electrons. The van der Waals surface area contributed by atoms with Crippen LogP contribution in [0.25, 0.3) is 0 Å². The minimum atomic E-state index is -0.759. The number of unbranched alkanes of at least 4 members (excludes halogenated alkanes) is 37. The van der Waals surface area contributed by atoms with Crippen LogP contribution >= 0.6 is 0 Å². The molecule has 0 bridgehead atoms. The van der Waals surface area contributed by atoms with Gasteiger partial charge in [-0.1, -0.05) is 258 Å². The quantitative estimate of drug-likeness (QED) is 0.0346. The van der Waals surface area contributed by atoms with Gasteiger partial charge in [-0.05, 0) is 19.3 Å². The lowest BCUT2D eigenvalue weighted by Gasteiger charge is -2.18. The van der Waals surface area contributed by atoms with Gasteiger partial charge in [0, 0.05) is 19.3 Å². The van der Waals surface area contributed by atoms with Gasteiger partial charge in [-0.3, -0.25) is 14.4 Å². The van der Waals surface area contributed by atoms with Crippen LogP contribution in [0.3, 0.4) is 0 Å².